The standard InChI is InChI=1S/C21H31N5O/c1-4-26(5-2)20-12-11-17(13-23-20)14-24-21(22-3)25-15-19(16-27)18-9-7-6-8-10-18/h6-13,19,27H,4-5,14-16H2,1-3H3,(H2,22,24,25). The molecule has 2 aromatic rings. The van der Waals surface area contributed by atoms with Gasteiger partial charge in [0.05, 0.1) is 6.61 Å². The number of aliphatic hydroxyl groups is 1. The highest BCUT2D eigenvalue weighted by Crippen LogP contribution is 2.13. The highest BCUT2D eigenvalue weighted by atomic mass is 16.3. The molecule has 0 saturated heterocycles. The van der Waals surface area contributed by atoms with E-state index >= 15 is 0 Å². The fourth-order valence-electron chi connectivity index (χ4n) is 2.90. The molecule has 1 heterocycles. The second kappa shape index (κ2) is 11.2. The molecule has 0 aliphatic heterocycles. The fraction of sp³-hybridized carbons (Fsp3) is 0.429. The molecule has 3 N–H and O–H groups in total. The number of aromatic nitrogens is 1. The summed E-state index contributed by atoms with van der Waals surface area (Å²) in [5, 5.41) is 16.3. The Kier molecular flexibility index (Phi) is 8.58. The average Bonchev–Trinajstić information content (AvgIpc) is 2.73. The van der Waals surface area contributed by atoms with E-state index in [2.05, 4.69) is 51.5 Å². The van der Waals surface area contributed by atoms with Gasteiger partial charge in [-0.3, -0.25) is 4.99 Å². The molecule has 6 heteroatoms. The van der Waals surface area contributed by atoms with Crippen LogP contribution in [-0.2, 0) is 6.54 Å². The number of hydrogen-bond acceptors (Lipinski definition) is 4. The van der Waals surface area contributed by atoms with Crippen LogP contribution in [0, 0.1) is 0 Å². The van der Waals surface area contributed by atoms with Gasteiger partial charge >= 0.3 is 0 Å². The third kappa shape index (κ3) is 6.25. The lowest BCUT2D eigenvalue weighted by Gasteiger charge is -2.20. The van der Waals surface area contributed by atoms with Crippen LogP contribution in [0.1, 0.15) is 30.9 Å². The van der Waals surface area contributed by atoms with Crippen molar-refractivity contribution < 1.29 is 5.11 Å². The molecule has 1 aromatic heterocycles. The largest absolute Gasteiger partial charge is 0.396 e. The van der Waals surface area contributed by atoms with E-state index in [1.165, 1.54) is 0 Å². The molecule has 0 saturated carbocycles. The molecule has 146 valence electrons. The molecule has 27 heavy (non-hydrogen) atoms. The van der Waals surface area contributed by atoms with Crippen LogP contribution < -0.4 is 15.5 Å². The zero-order chi connectivity index (χ0) is 19.5. The first kappa shape index (κ1) is 20.7. The second-order valence-corrected chi connectivity index (χ2v) is 6.29. The normalized spacial score (nSPS) is 12.5. The molecule has 0 spiro atoms. The Bertz CT molecular complexity index is 683. The first-order valence-corrected chi connectivity index (χ1v) is 9.52. The Morgan fingerprint density at radius 1 is 1.11 bits per heavy atom. The van der Waals surface area contributed by atoms with Crippen molar-refractivity contribution in [3.05, 3.63) is 59.8 Å². The average molecular weight is 370 g/mol. The molecule has 6 nitrogen and oxygen atoms in total. The van der Waals surface area contributed by atoms with Crippen LogP contribution in [-0.4, -0.2) is 49.3 Å². The lowest BCUT2D eigenvalue weighted by Crippen LogP contribution is -2.39. The first-order chi connectivity index (χ1) is 13.2. The van der Waals surface area contributed by atoms with Crippen LogP contribution in [0.25, 0.3) is 0 Å². The maximum absolute atomic E-state index is 9.67. The van der Waals surface area contributed by atoms with Crippen LogP contribution in [0.2, 0.25) is 0 Å². The molecule has 1 atom stereocenters. The molecule has 0 aliphatic carbocycles. The predicted octanol–water partition coefficient (Wildman–Crippen LogP) is 2.37. The minimum atomic E-state index is 0.0276. The summed E-state index contributed by atoms with van der Waals surface area (Å²) in [4.78, 5) is 11.0. The SMILES string of the molecule is CCN(CC)c1ccc(CNC(=NC)NCC(CO)c2ccccc2)cn1. The van der Waals surface area contributed by atoms with Crippen molar-refractivity contribution in [3.63, 3.8) is 0 Å². The number of benzene rings is 1. The van der Waals surface area contributed by atoms with Gasteiger partial charge in [0.15, 0.2) is 5.96 Å². The van der Waals surface area contributed by atoms with Gasteiger partial charge in [-0.05, 0) is 31.0 Å². The quantitative estimate of drug-likeness (QED) is 0.467. The number of hydrogen-bond donors (Lipinski definition) is 3. The summed E-state index contributed by atoms with van der Waals surface area (Å²) in [6.45, 7) is 7.50. The molecule has 0 aliphatic rings. The number of nitrogens with zero attached hydrogens (tertiary/aromatic N) is 3. The highest BCUT2D eigenvalue weighted by Gasteiger charge is 2.11. The van der Waals surface area contributed by atoms with Crippen LogP contribution in [0.5, 0.6) is 0 Å². The number of rotatable bonds is 9. The van der Waals surface area contributed by atoms with Gasteiger partial charge in [-0.15, -0.1) is 0 Å². The zero-order valence-electron chi connectivity index (χ0n) is 16.5. The summed E-state index contributed by atoms with van der Waals surface area (Å²) in [7, 11) is 1.74. The molecule has 1 unspecified atom stereocenters. The van der Waals surface area contributed by atoms with Crippen LogP contribution in [0.15, 0.2) is 53.7 Å². The van der Waals surface area contributed by atoms with Crippen LogP contribution >= 0.6 is 0 Å². The third-order valence-corrected chi connectivity index (χ3v) is 4.59. The Balaban J connectivity index is 1.86. The lowest BCUT2D eigenvalue weighted by atomic mass is 10.0. The summed E-state index contributed by atoms with van der Waals surface area (Å²) in [5.41, 5.74) is 2.20. The molecule has 1 aromatic carbocycles. The number of pyridine rings is 1. The first-order valence-electron chi connectivity index (χ1n) is 9.52. The Morgan fingerprint density at radius 3 is 2.41 bits per heavy atom. The summed E-state index contributed by atoms with van der Waals surface area (Å²) in [5.74, 6) is 1.73. The smallest absolute Gasteiger partial charge is 0.191 e. The van der Waals surface area contributed by atoms with E-state index in [4.69, 9.17) is 0 Å². The van der Waals surface area contributed by atoms with Crippen molar-refractivity contribution in [2.75, 3.05) is 38.2 Å². The van der Waals surface area contributed by atoms with Gasteiger partial charge in [0.1, 0.15) is 5.82 Å². The van der Waals surface area contributed by atoms with E-state index in [9.17, 15) is 5.11 Å². The molecule has 0 radical (unpaired) electrons. The van der Waals surface area contributed by atoms with E-state index in [1.807, 2.05) is 36.5 Å². The molecule has 0 amide bonds. The topological polar surface area (TPSA) is 72.8 Å². The molecule has 0 fully saturated rings. The van der Waals surface area contributed by atoms with Gasteiger partial charge in [-0.25, -0.2) is 4.98 Å². The van der Waals surface area contributed by atoms with Crippen molar-refractivity contribution in [3.8, 4) is 0 Å². The van der Waals surface area contributed by atoms with Crippen LogP contribution in [0.3, 0.4) is 0 Å². The summed E-state index contributed by atoms with van der Waals surface area (Å²) >= 11 is 0. The van der Waals surface area contributed by atoms with E-state index in [-0.39, 0.29) is 12.5 Å². The molecule has 0 bridgehead atoms. The maximum atomic E-state index is 9.67. The minimum absolute atomic E-state index is 0.0276. The number of guanidine groups is 1. The lowest BCUT2D eigenvalue weighted by molar-refractivity contribution is 0.265. The molecular formula is C21H31N5O. The maximum Gasteiger partial charge on any atom is 0.191 e. The van der Waals surface area contributed by atoms with Gasteiger partial charge in [-0.1, -0.05) is 36.4 Å². The Morgan fingerprint density at radius 2 is 1.85 bits per heavy atom. The minimum Gasteiger partial charge on any atom is -0.396 e. The van der Waals surface area contributed by atoms with Gasteiger partial charge in [-0.2, -0.15) is 0 Å². The second-order valence-electron chi connectivity index (χ2n) is 6.29. The third-order valence-electron chi connectivity index (χ3n) is 4.59. The van der Waals surface area contributed by atoms with Gasteiger partial charge in [0.2, 0.25) is 0 Å². The van der Waals surface area contributed by atoms with Crippen LogP contribution in [0.4, 0.5) is 5.82 Å². The predicted molar refractivity (Wildman–Crippen MR) is 112 cm³/mol. The Hall–Kier alpha value is -2.60. The number of anilines is 1. The monoisotopic (exact) mass is 369 g/mol. The summed E-state index contributed by atoms with van der Waals surface area (Å²) in [6, 6.07) is 14.1. The number of aliphatic imine (C=N–C) groups is 1. The van der Waals surface area contributed by atoms with Gasteiger partial charge in [0.25, 0.3) is 0 Å². The van der Waals surface area contributed by atoms with E-state index < -0.39 is 0 Å². The van der Waals surface area contributed by atoms with Gasteiger partial charge in [0, 0.05) is 45.3 Å². The van der Waals surface area contributed by atoms with Crippen molar-refractivity contribution in [2.24, 2.45) is 4.99 Å². The van der Waals surface area contributed by atoms with Crippen molar-refractivity contribution in [2.45, 2.75) is 26.3 Å². The van der Waals surface area contributed by atoms with E-state index in [0.29, 0.717) is 19.0 Å². The number of nitrogens with one attached hydrogen (secondary N) is 2. The molecule has 2 rings (SSSR count). The number of aliphatic hydroxyl groups excluding tert-OH is 1. The molecular weight excluding hydrogens is 338 g/mol. The zero-order valence-corrected chi connectivity index (χ0v) is 16.5. The van der Waals surface area contributed by atoms with Gasteiger partial charge < -0.3 is 20.6 Å². The van der Waals surface area contributed by atoms with E-state index in [0.717, 1.165) is 30.0 Å². The summed E-state index contributed by atoms with van der Waals surface area (Å²) < 4.78 is 0. The fourth-order valence-corrected chi connectivity index (χ4v) is 2.90. The highest BCUT2D eigenvalue weighted by molar-refractivity contribution is 5.79. The van der Waals surface area contributed by atoms with Crippen molar-refractivity contribution >= 4 is 11.8 Å². The van der Waals surface area contributed by atoms with E-state index in [1.54, 1.807) is 7.05 Å². The van der Waals surface area contributed by atoms with Crippen molar-refractivity contribution in [1.82, 2.24) is 15.6 Å². The van der Waals surface area contributed by atoms with Crippen molar-refractivity contribution in [1.29, 1.82) is 0 Å². The Labute approximate surface area is 162 Å². The summed E-state index contributed by atoms with van der Waals surface area (Å²) in [6.07, 6.45) is 1.90.